The summed E-state index contributed by atoms with van der Waals surface area (Å²) in [5.74, 6) is 0.154. The van der Waals surface area contributed by atoms with Crippen molar-refractivity contribution in [1.29, 1.82) is 0 Å². The highest BCUT2D eigenvalue weighted by Gasteiger charge is 2.28. The van der Waals surface area contributed by atoms with Gasteiger partial charge in [0.2, 0.25) is 5.91 Å². The highest BCUT2D eigenvalue weighted by molar-refractivity contribution is 5.98. The third-order valence-electron chi connectivity index (χ3n) is 6.24. The molecule has 1 aliphatic heterocycles. The van der Waals surface area contributed by atoms with E-state index in [1.54, 1.807) is 43.5 Å². The minimum Gasteiger partial charge on any atom is -0.491 e. The summed E-state index contributed by atoms with van der Waals surface area (Å²) in [6.07, 6.45) is 3.51. The fraction of sp³-hybridized carbons (Fsp3) is 0.500. The van der Waals surface area contributed by atoms with Crippen LogP contribution in [-0.4, -0.2) is 86.3 Å². The Morgan fingerprint density at radius 1 is 1.23 bits per heavy atom. The Balaban J connectivity index is 1.92. The molecule has 9 nitrogen and oxygen atoms in total. The highest BCUT2D eigenvalue weighted by atomic mass is 16.5. The second kappa shape index (κ2) is 12.6. The molecular weight excluding hydrogens is 448 g/mol. The van der Waals surface area contributed by atoms with Gasteiger partial charge in [0.05, 0.1) is 11.7 Å². The average molecular weight is 485 g/mol. The summed E-state index contributed by atoms with van der Waals surface area (Å²) in [6, 6.07) is 9.11. The number of likely N-dealkylation sites (N-methyl/N-ethyl adjacent to an activating group) is 1. The zero-order chi connectivity index (χ0) is 25.4. The molecule has 0 aliphatic carbocycles. The van der Waals surface area contributed by atoms with Gasteiger partial charge >= 0.3 is 0 Å². The highest BCUT2D eigenvalue weighted by Crippen LogP contribution is 2.27. The molecule has 9 heteroatoms. The second-order valence-electron chi connectivity index (χ2n) is 9.08. The van der Waals surface area contributed by atoms with Crippen molar-refractivity contribution < 1.29 is 23.8 Å². The Kier molecular flexibility index (Phi) is 9.59. The maximum atomic E-state index is 13.3. The maximum absolute atomic E-state index is 13.3. The van der Waals surface area contributed by atoms with Crippen LogP contribution in [0.1, 0.15) is 29.8 Å². The van der Waals surface area contributed by atoms with Gasteiger partial charge in [0.25, 0.3) is 5.91 Å². The van der Waals surface area contributed by atoms with Gasteiger partial charge in [0, 0.05) is 71.1 Å². The van der Waals surface area contributed by atoms with Gasteiger partial charge in [-0.2, -0.15) is 0 Å². The van der Waals surface area contributed by atoms with Crippen LogP contribution in [0, 0.1) is 5.92 Å². The number of hydrogen-bond acceptors (Lipinski definition) is 7. The lowest BCUT2D eigenvalue weighted by atomic mass is 10.0. The minimum atomic E-state index is -0.281. The molecule has 35 heavy (non-hydrogen) atoms. The van der Waals surface area contributed by atoms with Gasteiger partial charge in [-0.3, -0.25) is 19.5 Å². The zero-order valence-electron chi connectivity index (χ0n) is 21.2. The minimum absolute atomic E-state index is 0.0435. The van der Waals surface area contributed by atoms with Gasteiger partial charge in [-0.05, 0) is 36.6 Å². The summed E-state index contributed by atoms with van der Waals surface area (Å²) in [5, 5.41) is 2.77. The number of methoxy groups -OCH3 is 2. The number of anilines is 1. The normalized spacial score (nSPS) is 21.9. The number of rotatable bonds is 6. The van der Waals surface area contributed by atoms with Crippen molar-refractivity contribution in [3.63, 3.8) is 0 Å². The molecule has 0 fully saturated rings. The van der Waals surface area contributed by atoms with Crippen LogP contribution in [-0.2, 0) is 20.8 Å². The molecule has 0 spiro atoms. The van der Waals surface area contributed by atoms with Crippen LogP contribution < -0.4 is 10.1 Å². The average Bonchev–Trinajstić information content (AvgIpc) is 2.85. The van der Waals surface area contributed by atoms with E-state index in [0.29, 0.717) is 36.7 Å². The first kappa shape index (κ1) is 26.6. The smallest absolute Gasteiger partial charge is 0.257 e. The lowest BCUT2D eigenvalue weighted by Gasteiger charge is -2.36. The third kappa shape index (κ3) is 7.24. The largest absolute Gasteiger partial charge is 0.491 e. The molecule has 1 N–H and O–H groups in total. The number of carbonyl (C=O) groups is 2. The van der Waals surface area contributed by atoms with Gasteiger partial charge in [0.15, 0.2) is 0 Å². The van der Waals surface area contributed by atoms with Gasteiger partial charge < -0.3 is 24.4 Å². The molecule has 0 unspecified atom stereocenters. The van der Waals surface area contributed by atoms with Crippen molar-refractivity contribution >= 4 is 17.5 Å². The predicted molar refractivity (Wildman–Crippen MR) is 133 cm³/mol. The molecule has 0 saturated carbocycles. The Labute approximate surface area is 207 Å². The lowest BCUT2D eigenvalue weighted by molar-refractivity contribution is -0.119. The van der Waals surface area contributed by atoms with Gasteiger partial charge in [-0.25, -0.2) is 0 Å². The zero-order valence-corrected chi connectivity index (χ0v) is 21.2. The van der Waals surface area contributed by atoms with E-state index in [1.807, 2.05) is 12.3 Å². The molecule has 1 aromatic heterocycles. The van der Waals surface area contributed by atoms with Crippen LogP contribution in [0.4, 0.5) is 5.69 Å². The first-order chi connectivity index (χ1) is 16.8. The number of carbonyl (C=O) groups excluding carboxylic acids is 2. The first-order valence-corrected chi connectivity index (χ1v) is 11.8. The Bertz CT molecular complexity index is 987. The predicted octanol–water partition coefficient (Wildman–Crippen LogP) is 2.67. The number of ether oxygens (including phenoxy) is 3. The van der Waals surface area contributed by atoms with Crippen LogP contribution in [0.15, 0.2) is 42.7 Å². The first-order valence-electron chi connectivity index (χ1n) is 11.8. The molecule has 0 saturated heterocycles. The standard InChI is InChI=1S/C26H36N4O5/c1-18-13-30(14-20-7-6-10-27-12-20)19(2)16-35-23-11-21(28-25(31)17-33-4)8-9-22(23)26(32)29(3)15-24(18)34-5/h6-12,18-19,24H,13-17H2,1-5H3,(H,28,31)/t18-,19-,24+/m0/s1. The van der Waals surface area contributed by atoms with Crippen molar-refractivity contribution in [2.24, 2.45) is 5.92 Å². The van der Waals surface area contributed by atoms with Crippen molar-refractivity contribution in [2.45, 2.75) is 32.5 Å². The van der Waals surface area contributed by atoms with Crippen molar-refractivity contribution in [1.82, 2.24) is 14.8 Å². The molecule has 2 aromatic rings. The lowest BCUT2D eigenvalue weighted by Crippen LogP contribution is -2.46. The van der Waals surface area contributed by atoms with Crippen LogP contribution in [0.2, 0.25) is 0 Å². The molecule has 190 valence electrons. The van der Waals surface area contributed by atoms with Crippen molar-refractivity contribution in [3.05, 3.63) is 53.9 Å². The van der Waals surface area contributed by atoms with E-state index >= 15 is 0 Å². The van der Waals surface area contributed by atoms with Crippen LogP contribution in [0.5, 0.6) is 5.75 Å². The molecule has 1 aliphatic rings. The topological polar surface area (TPSA) is 93.2 Å². The number of aromatic nitrogens is 1. The molecule has 3 rings (SSSR count). The Morgan fingerprint density at radius 2 is 2.03 bits per heavy atom. The Morgan fingerprint density at radius 3 is 2.71 bits per heavy atom. The van der Waals surface area contributed by atoms with Gasteiger partial charge in [-0.15, -0.1) is 0 Å². The molecule has 2 heterocycles. The van der Waals surface area contributed by atoms with E-state index in [4.69, 9.17) is 14.2 Å². The summed E-state index contributed by atoms with van der Waals surface area (Å²) < 4.78 is 16.9. The van der Waals surface area contributed by atoms with Crippen LogP contribution in [0.3, 0.4) is 0 Å². The molecule has 2 amide bonds. The van der Waals surface area contributed by atoms with Gasteiger partial charge in [-0.1, -0.05) is 13.0 Å². The maximum Gasteiger partial charge on any atom is 0.257 e. The van der Waals surface area contributed by atoms with Gasteiger partial charge in [0.1, 0.15) is 19.0 Å². The third-order valence-corrected chi connectivity index (χ3v) is 6.24. The summed E-state index contributed by atoms with van der Waals surface area (Å²) in [4.78, 5) is 33.6. The van der Waals surface area contributed by atoms with Crippen LogP contribution >= 0.6 is 0 Å². The van der Waals surface area contributed by atoms with Crippen molar-refractivity contribution in [3.8, 4) is 5.75 Å². The molecule has 0 bridgehead atoms. The molecule has 0 radical (unpaired) electrons. The number of benzene rings is 1. The number of nitrogens with zero attached hydrogens (tertiary/aromatic N) is 3. The van der Waals surface area contributed by atoms with E-state index in [1.165, 1.54) is 7.11 Å². The van der Waals surface area contributed by atoms with Crippen LogP contribution in [0.25, 0.3) is 0 Å². The van der Waals surface area contributed by atoms with Crippen molar-refractivity contribution in [2.75, 3.05) is 52.9 Å². The van der Waals surface area contributed by atoms with E-state index in [2.05, 4.69) is 35.1 Å². The summed E-state index contributed by atoms with van der Waals surface area (Å²) >= 11 is 0. The SMILES string of the molecule is COCC(=O)Nc1ccc2c(c1)OC[C@H](C)N(Cc1cccnc1)C[C@H](C)[C@H](OC)CN(C)C2=O. The monoisotopic (exact) mass is 484 g/mol. The van der Waals surface area contributed by atoms with E-state index in [-0.39, 0.29) is 36.5 Å². The fourth-order valence-corrected chi connectivity index (χ4v) is 4.20. The Hall–Kier alpha value is -3.01. The van der Waals surface area contributed by atoms with E-state index in [0.717, 1.165) is 12.1 Å². The quantitative estimate of drug-likeness (QED) is 0.674. The number of pyridine rings is 1. The second-order valence-corrected chi connectivity index (χ2v) is 9.08. The summed E-state index contributed by atoms with van der Waals surface area (Å²) in [5.41, 5.74) is 2.09. The number of nitrogens with one attached hydrogen (secondary N) is 1. The number of hydrogen-bond donors (Lipinski definition) is 1. The summed E-state index contributed by atoms with van der Waals surface area (Å²) in [7, 11) is 4.91. The molecular formula is C26H36N4O5. The number of fused-ring (bicyclic) bond motifs is 1. The number of amides is 2. The fourth-order valence-electron chi connectivity index (χ4n) is 4.20. The molecule has 1 aromatic carbocycles. The summed E-state index contributed by atoms with van der Waals surface area (Å²) in [6.45, 7) is 6.48. The van der Waals surface area contributed by atoms with E-state index < -0.39 is 0 Å². The van der Waals surface area contributed by atoms with E-state index in [9.17, 15) is 9.59 Å². The molecule has 3 atom stereocenters.